The van der Waals surface area contributed by atoms with Crippen LogP contribution in [-0.2, 0) is 0 Å². The molecule has 0 fully saturated rings. The van der Waals surface area contributed by atoms with Gasteiger partial charge in [0, 0.05) is 12.1 Å². The molecule has 1 heterocycles. The highest BCUT2D eigenvalue weighted by Crippen LogP contribution is 2.14. The van der Waals surface area contributed by atoms with Gasteiger partial charge in [0.25, 0.3) is 5.56 Å². The summed E-state index contributed by atoms with van der Waals surface area (Å²) >= 11 is 0. The van der Waals surface area contributed by atoms with E-state index in [1.54, 1.807) is 0 Å². The third kappa shape index (κ3) is 2.23. The van der Waals surface area contributed by atoms with Crippen LogP contribution in [-0.4, -0.2) is 22.1 Å². The van der Waals surface area contributed by atoms with Crippen molar-refractivity contribution in [3.05, 3.63) is 16.7 Å². The highest BCUT2D eigenvalue weighted by Gasteiger charge is 2.17. The van der Waals surface area contributed by atoms with Crippen molar-refractivity contribution in [3.8, 4) is 0 Å². The molecule has 0 radical (unpaired) electrons. The first kappa shape index (κ1) is 10.5. The van der Waals surface area contributed by atoms with Gasteiger partial charge in [-0.2, -0.15) is 0 Å². The van der Waals surface area contributed by atoms with Gasteiger partial charge in [-0.1, -0.05) is 0 Å². The molecule has 0 atom stereocenters. The fourth-order valence-corrected chi connectivity index (χ4v) is 0.881. The van der Waals surface area contributed by atoms with Crippen molar-refractivity contribution in [2.75, 3.05) is 17.6 Å². The van der Waals surface area contributed by atoms with Gasteiger partial charge in [0.05, 0.1) is 6.33 Å². The number of H-pyrrole nitrogens is 1. The van der Waals surface area contributed by atoms with Crippen LogP contribution in [0, 0.1) is 0 Å². The first-order valence-corrected chi connectivity index (χ1v) is 4.28. The van der Waals surface area contributed by atoms with E-state index < -0.39 is 0 Å². The molecule has 0 amide bonds. The minimum absolute atomic E-state index is 0.0778. The standard InChI is InChI=1S/C8H15N5O/c1-8(2,3-9)13-6-5(10)7(14)12-4-11-6/h4H,3,9-10H2,1-2H3,(H2,11,12,13,14). The van der Waals surface area contributed by atoms with Crippen molar-refractivity contribution in [2.24, 2.45) is 5.73 Å². The fraction of sp³-hybridized carbons (Fsp3) is 0.500. The summed E-state index contributed by atoms with van der Waals surface area (Å²) in [6.07, 6.45) is 1.30. The normalized spacial score (nSPS) is 11.4. The summed E-state index contributed by atoms with van der Waals surface area (Å²) in [5, 5.41) is 3.00. The Bertz CT molecular complexity index is 370. The zero-order chi connectivity index (χ0) is 10.8. The highest BCUT2D eigenvalue weighted by atomic mass is 16.1. The second-order valence-electron chi connectivity index (χ2n) is 3.71. The van der Waals surface area contributed by atoms with E-state index in [9.17, 15) is 4.79 Å². The van der Waals surface area contributed by atoms with Crippen LogP contribution in [0.15, 0.2) is 11.1 Å². The lowest BCUT2D eigenvalue weighted by atomic mass is 10.1. The summed E-state index contributed by atoms with van der Waals surface area (Å²) in [5.74, 6) is 0.365. The van der Waals surface area contributed by atoms with Gasteiger partial charge >= 0.3 is 0 Å². The van der Waals surface area contributed by atoms with Gasteiger partial charge < -0.3 is 21.8 Å². The van der Waals surface area contributed by atoms with E-state index in [0.29, 0.717) is 12.4 Å². The van der Waals surface area contributed by atoms with Crippen LogP contribution in [0.4, 0.5) is 11.5 Å². The smallest absolute Gasteiger partial charge is 0.276 e. The third-order valence-electron chi connectivity index (χ3n) is 1.86. The van der Waals surface area contributed by atoms with E-state index in [1.165, 1.54) is 6.33 Å². The second-order valence-corrected chi connectivity index (χ2v) is 3.71. The number of hydrogen-bond donors (Lipinski definition) is 4. The van der Waals surface area contributed by atoms with Crippen molar-refractivity contribution < 1.29 is 0 Å². The lowest BCUT2D eigenvalue weighted by molar-refractivity contribution is 0.577. The van der Waals surface area contributed by atoms with E-state index in [1.807, 2.05) is 13.8 Å². The Labute approximate surface area is 81.7 Å². The minimum atomic E-state index is -0.352. The summed E-state index contributed by atoms with van der Waals surface area (Å²) in [5.41, 5.74) is 10.4. The van der Waals surface area contributed by atoms with Crippen molar-refractivity contribution in [1.82, 2.24) is 9.97 Å². The Balaban J connectivity index is 2.98. The summed E-state index contributed by atoms with van der Waals surface area (Å²) in [6.45, 7) is 4.21. The molecule has 0 unspecified atom stereocenters. The Morgan fingerprint density at radius 3 is 2.86 bits per heavy atom. The minimum Gasteiger partial charge on any atom is -0.391 e. The lowest BCUT2D eigenvalue weighted by Crippen LogP contribution is -2.40. The summed E-state index contributed by atoms with van der Waals surface area (Å²) in [4.78, 5) is 17.4. The molecule has 0 aliphatic carbocycles. The average molecular weight is 197 g/mol. The predicted molar refractivity (Wildman–Crippen MR) is 56.0 cm³/mol. The lowest BCUT2D eigenvalue weighted by Gasteiger charge is -2.25. The topological polar surface area (TPSA) is 110 Å². The van der Waals surface area contributed by atoms with Crippen LogP contribution >= 0.6 is 0 Å². The number of hydrogen-bond acceptors (Lipinski definition) is 5. The molecule has 0 aliphatic heterocycles. The maximum atomic E-state index is 11.1. The molecule has 0 bridgehead atoms. The molecule has 78 valence electrons. The molecule has 0 aliphatic rings. The van der Waals surface area contributed by atoms with Crippen molar-refractivity contribution in [2.45, 2.75) is 19.4 Å². The number of nitrogen functional groups attached to an aromatic ring is 1. The van der Waals surface area contributed by atoms with E-state index in [0.717, 1.165) is 0 Å². The Hall–Kier alpha value is -1.56. The Kier molecular flexibility index (Phi) is 2.76. The first-order valence-electron chi connectivity index (χ1n) is 4.28. The van der Waals surface area contributed by atoms with Crippen molar-refractivity contribution >= 4 is 11.5 Å². The molecule has 0 aromatic carbocycles. The molecule has 0 saturated carbocycles. The number of anilines is 2. The summed E-state index contributed by atoms with van der Waals surface area (Å²) in [7, 11) is 0. The Morgan fingerprint density at radius 2 is 2.29 bits per heavy atom. The quantitative estimate of drug-likeness (QED) is 0.522. The van der Waals surface area contributed by atoms with Gasteiger partial charge in [-0.05, 0) is 13.8 Å². The van der Waals surface area contributed by atoms with Gasteiger partial charge in [-0.3, -0.25) is 4.79 Å². The molecule has 14 heavy (non-hydrogen) atoms. The molecule has 6 nitrogen and oxygen atoms in total. The molecule has 0 spiro atoms. The van der Waals surface area contributed by atoms with Crippen LogP contribution < -0.4 is 22.3 Å². The molecule has 1 rings (SSSR count). The molecule has 1 aromatic heterocycles. The highest BCUT2D eigenvalue weighted by molar-refractivity contribution is 5.60. The molecule has 6 N–H and O–H groups in total. The summed E-state index contributed by atoms with van der Waals surface area (Å²) < 4.78 is 0. The Morgan fingerprint density at radius 1 is 1.64 bits per heavy atom. The van der Waals surface area contributed by atoms with E-state index in [-0.39, 0.29) is 16.8 Å². The zero-order valence-corrected chi connectivity index (χ0v) is 8.29. The number of aromatic amines is 1. The van der Waals surface area contributed by atoms with Crippen molar-refractivity contribution in [1.29, 1.82) is 0 Å². The van der Waals surface area contributed by atoms with Crippen molar-refractivity contribution in [3.63, 3.8) is 0 Å². The molecule has 6 heteroatoms. The van der Waals surface area contributed by atoms with Gasteiger partial charge in [-0.15, -0.1) is 0 Å². The summed E-state index contributed by atoms with van der Waals surface area (Å²) in [6, 6.07) is 0. The maximum absolute atomic E-state index is 11.1. The van der Waals surface area contributed by atoms with Gasteiger partial charge in [0.2, 0.25) is 0 Å². The van der Waals surface area contributed by atoms with E-state index in [4.69, 9.17) is 11.5 Å². The SMILES string of the molecule is CC(C)(CN)Nc1nc[nH]c(=O)c1N. The zero-order valence-electron chi connectivity index (χ0n) is 8.29. The number of nitrogens with one attached hydrogen (secondary N) is 2. The monoisotopic (exact) mass is 197 g/mol. The second kappa shape index (κ2) is 3.67. The number of nitrogens with zero attached hydrogens (tertiary/aromatic N) is 1. The van der Waals surface area contributed by atoms with Gasteiger partial charge in [0.15, 0.2) is 5.82 Å². The van der Waals surface area contributed by atoms with Gasteiger partial charge in [-0.25, -0.2) is 4.98 Å². The van der Waals surface area contributed by atoms with Crippen LogP contribution in [0.3, 0.4) is 0 Å². The third-order valence-corrected chi connectivity index (χ3v) is 1.86. The van der Waals surface area contributed by atoms with Crippen LogP contribution in [0.25, 0.3) is 0 Å². The number of aromatic nitrogens is 2. The molecular formula is C8H15N5O. The van der Waals surface area contributed by atoms with Crippen LogP contribution in [0.2, 0.25) is 0 Å². The molecule has 0 saturated heterocycles. The molecular weight excluding hydrogens is 182 g/mol. The number of rotatable bonds is 3. The van der Waals surface area contributed by atoms with E-state index in [2.05, 4.69) is 15.3 Å². The van der Waals surface area contributed by atoms with Crippen LogP contribution in [0.1, 0.15) is 13.8 Å². The first-order chi connectivity index (χ1) is 6.46. The average Bonchev–Trinajstić information content (AvgIpc) is 2.13. The van der Waals surface area contributed by atoms with Gasteiger partial charge in [0.1, 0.15) is 5.69 Å². The maximum Gasteiger partial charge on any atom is 0.276 e. The van der Waals surface area contributed by atoms with Crippen LogP contribution in [0.5, 0.6) is 0 Å². The fourth-order valence-electron chi connectivity index (χ4n) is 0.881. The molecule has 1 aromatic rings. The van der Waals surface area contributed by atoms with E-state index >= 15 is 0 Å². The predicted octanol–water partition coefficient (Wildman–Crippen LogP) is -0.499. The largest absolute Gasteiger partial charge is 0.391 e. The number of nitrogens with two attached hydrogens (primary N) is 2.